The van der Waals surface area contributed by atoms with Crippen molar-refractivity contribution in [1.29, 1.82) is 0 Å². The molecule has 1 aromatic carbocycles. The lowest BCUT2D eigenvalue weighted by Gasteiger charge is -2.07. The monoisotopic (exact) mass is 346 g/mol. The van der Waals surface area contributed by atoms with Crippen molar-refractivity contribution in [3.05, 3.63) is 24.3 Å². The molecule has 9 heteroatoms. The molecule has 0 unspecified atom stereocenters. The van der Waals surface area contributed by atoms with Crippen molar-refractivity contribution in [3.8, 4) is 0 Å². The van der Waals surface area contributed by atoms with Crippen LogP contribution in [0, 0.1) is 0 Å². The van der Waals surface area contributed by atoms with Gasteiger partial charge in [-0.2, -0.15) is 8.78 Å². The van der Waals surface area contributed by atoms with Crippen molar-refractivity contribution < 1.29 is 27.9 Å². The number of anilines is 1. The molecule has 0 atom stereocenters. The first-order valence-corrected chi connectivity index (χ1v) is 7.49. The zero-order chi connectivity index (χ0) is 17.2. The lowest BCUT2D eigenvalue weighted by molar-refractivity contribution is -0.147. The lowest BCUT2D eigenvalue weighted by atomic mass is 10.3. The van der Waals surface area contributed by atoms with Gasteiger partial charge < -0.3 is 15.4 Å². The molecule has 0 aliphatic carbocycles. The van der Waals surface area contributed by atoms with E-state index in [-0.39, 0.29) is 18.9 Å². The van der Waals surface area contributed by atoms with Crippen LogP contribution in [-0.4, -0.2) is 36.7 Å². The number of benzene rings is 1. The molecule has 0 radical (unpaired) electrons. The van der Waals surface area contributed by atoms with Crippen molar-refractivity contribution in [1.82, 2.24) is 5.32 Å². The minimum Gasteiger partial charge on any atom is -0.456 e. The molecule has 6 nitrogen and oxygen atoms in total. The van der Waals surface area contributed by atoms with Crippen LogP contribution in [0.1, 0.15) is 13.3 Å². The fourth-order valence-electron chi connectivity index (χ4n) is 1.48. The molecule has 1 aromatic rings. The van der Waals surface area contributed by atoms with Crippen LogP contribution in [0.5, 0.6) is 0 Å². The summed E-state index contributed by atoms with van der Waals surface area (Å²) in [5, 5.41) is 4.90. The summed E-state index contributed by atoms with van der Waals surface area (Å²) in [6.45, 7) is 0.995. The quantitative estimate of drug-likeness (QED) is 0.556. The average Bonchev–Trinajstić information content (AvgIpc) is 2.46. The highest BCUT2D eigenvalue weighted by atomic mass is 32.2. The molecule has 23 heavy (non-hydrogen) atoms. The summed E-state index contributed by atoms with van der Waals surface area (Å²) in [6.07, 6.45) is -0.0353. The predicted molar refractivity (Wildman–Crippen MR) is 81.2 cm³/mol. The Morgan fingerprint density at radius 3 is 2.43 bits per heavy atom. The van der Waals surface area contributed by atoms with Crippen LogP contribution in [0.2, 0.25) is 0 Å². The molecule has 0 saturated carbocycles. The summed E-state index contributed by atoms with van der Waals surface area (Å²) < 4.78 is 29.1. The predicted octanol–water partition coefficient (Wildman–Crippen LogP) is 2.01. The van der Waals surface area contributed by atoms with Gasteiger partial charge in [0.05, 0.1) is 6.42 Å². The van der Waals surface area contributed by atoms with E-state index in [9.17, 15) is 23.2 Å². The first-order valence-electron chi connectivity index (χ1n) is 6.61. The number of halogens is 2. The fraction of sp³-hybridized carbons (Fsp3) is 0.357. The Morgan fingerprint density at radius 2 is 1.87 bits per heavy atom. The first-order chi connectivity index (χ1) is 10.9. The Hall–Kier alpha value is -2.16. The third-order valence-corrected chi connectivity index (χ3v) is 3.15. The summed E-state index contributed by atoms with van der Waals surface area (Å²) >= 11 is 0.404. The summed E-state index contributed by atoms with van der Waals surface area (Å²) in [7, 11) is 0. The SMILES string of the molecule is CC(=O)NCCC(=O)OCC(=O)Nc1ccc(SC(F)F)cc1. The third kappa shape index (κ3) is 8.77. The van der Waals surface area contributed by atoms with Crippen LogP contribution in [0.3, 0.4) is 0 Å². The fourth-order valence-corrected chi connectivity index (χ4v) is 1.97. The Morgan fingerprint density at radius 1 is 1.22 bits per heavy atom. The second-order valence-electron chi connectivity index (χ2n) is 4.34. The van der Waals surface area contributed by atoms with Crippen LogP contribution < -0.4 is 10.6 Å². The van der Waals surface area contributed by atoms with Crippen LogP contribution in [-0.2, 0) is 19.1 Å². The van der Waals surface area contributed by atoms with Gasteiger partial charge in [-0.05, 0) is 24.3 Å². The first kappa shape index (κ1) is 18.9. The van der Waals surface area contributed by atoms with Crippen LogP contribution in [0.4, 0.5) is 14.5 Å². The normalized spacial score (nSPS) is 10.3. The maximum absolute atomic E-state index is 12.2. The largest absolute Gasteiger partial charge is 0.456 e. The van der Waals surface area contributed by atoms with Gasteiger partial charge in [0, 0.05) is 24.1 Å². The number of amides is 2. The van der Waals surface area contributed by atoms with E-state index in [1.165, 1.54) is 31.2 Å². The summed E-state index contributed by atoms with van der Waals surface area (Å²) in [5.74, 6) is -3.93. The number of carbonyl (C=O) groups excluding carboxylic acids is 3. The Kier molecular flexibility index (Phi) is 8.03. The molecule has 0 bridgehead atoms. The zero-order valence-corrected chi connectivity index (χ0v) is 13.1. The highest BCUT2D eigenvalue weighted by Gasteiger charge is 2.09. The van der Waals surface area contributed by atoms with Gasteiger partial charge in [-0.25, -0.2) is 0 Å². The summed E-state index contributed by atoms with van der Waals surface area (Å²) in [6, 6.07) is 5.85. The van der Waals surface area contributed by atoms with Crippen LogP contribution in [0.25, 0.3) is 0 Å². The van der Waals surface area contributed by atoms with Crippen molar-refractivity contribution in [3.63, 3.8) is 0 Å². The number of alkyl halides is 2. The standard InChI is InChI=1S/C14H16F2N2O4S/c1-9(19)17-7-6-13(21)22-8-12(20)18-10-2-4-11(5-3-10)23-14(15)16/h2-5,14H,6-8H2,1H3,(H,17,19)(H,18,20). The molecule has 0 aliphatic heterocycles. The highest BCUT2D eigenvalue weighted by Crippen LogP contribution is 2.26. The van der Waals surface area contributed by atoms with Gasteiger partial charge in [0.15, 0.2) is 6.61 Å². The molecule has 0 aliphatic rings. The average molecular weight is 346 g/mol. The van der Waals surface area contributed by atoms with E-state index >= 15 is 0 Å². The van der Waals surface area contributed by atoms with Gasteiger partial charge >= 0.3 is 5.97 Å². The Labute approximate surface area is 136 Å². The molecule has 2 N–H and O–H groups in total. The Balaban J connectivity index is 2.30. The second-order valence-corrected chi connectivity index (χ2v) is 5.41. The van der Waals surface area contributed by atoms with Gasteiger partial charge in [0.1, 0.15) is 0 Å². The molecular formula is C14H16F2N2O4S. The molecule has 0 spiro atoms. The number of carbonyl (C=O) groups is 3. The van der Waals surface area contributed by atoms with E-state index in [1.807, 2.05) is 0 Å². The van der Waals surface area contributed by atoms with E-state index < -0.39 is 24.2 Å². The summed E-state index contributed by atoms with van der Waals surface area (Å²) in [5.41, 5.74) is 0.405. The van der Waals surface area contributed by atoms with E-state index in [4.69, 9.17) is 4.74 Å². The maximum atomic E-state index is 12.2. The van der Waals surface area contributed by atoms with Crippen LogP contribution >= 0.6 is 11.8 Å². The number of ether oxygens (including phenoxy) is 1. The van der Waals surface area contributed by atoms with E-state index in [2.05, 4.69) is 10.6 Å². The third-order valence-electron chi connectivity index (χ3n) is 2.43. The molecule has 2 amide bonds. The zero-order valence-electron chi connectivity index (χ0n) is 12.3. The van der Waals surface area contributed by atoms with Crippen molar-refractivity contribution in [2.45, 2.75) is 24.0 Å². The Bertz CT molecular complexity index is 552. The highest BCUT2D eigenvalue weighted by molar-refractivity contribution is 7.99. The number of rotatable bonds is 8. The number of thioether (sulfide) groups is 1. The number of esters is 1. The van der Waals surface area contributed by atoms with Crippen molar-refractivity contribution in [2.24, 2.45) is 0 Å². The minimum atomic E-state index is -2.51. The number of hydrogen-bond donors (Lipinski definition) is 2. The smallest absolute Gasteiger partial charge is 0.308 e. The lowest BCUT2D eigenvalue weighted by Crippen LogP contribution is -2.25. The maximum Gasteiger partial charge on any atom is 0.308 e. The minimum absolute atomic E-state index is 0.0353. The number of nitrogens with one attached hydrogen (secondary N) is 2. The van der Waals surface area contributed by atoms with Gasteiger partial charge in [-0.1, -0.05) is 11.8 Å². The van der Waals surface area contributed by atoms with Gasteiger partial charge in [0.25, 0.3) is 11.7 Å². The van der Waals surface area contributed by atoms with E-state index in [1.54, 1.807) is 0 Å². The molecule has 0 aromatic heterocycles. The summed E-state index contributed by atoms with van der Waals surface area (Å²) in [4.78, 5) is 33.9. The molecule has 0 heterocycles. The van der Waals surface area contributed by atoms with Gasteiger partial charge in [-0.15, -0.1) is 0 Å². The molecular weight excluding hydrogens is 330 g/mol. The van der Waals surface area contributed by atoms with Gasteiger partial charge in [0.2, 0.25) is 5.91 Å². The van der Waals surface area contributed by atoms with Crippen molar-refractivity contribution in [2.75, 3.05) is 18.5 Å². The van der Waals surface area contributed by atoms with E-state index in [0.717, 1.165) is 0 Å². The second kappa shape index (κ2) is 9.78. The molecule has 1 rings (SSSR count). The molecule has 0 fully saturated rings. The van der Waals surface area contributed by atoms with E-state index in [0.29, 0.717) is 22.3 Å². The number of hydrogen-bond acceptors (Lipinski definition) is 5. The molecule has 126 valence electrons. The van der Waals surface area contributed by atoms with Crippen molar-refractivity contribution >= 4 is 35.2 Å². The van der Waals surface area contributed by atoms with Crippen LogP contribution in [0.15, 0.2) is 29.2 Å². The topological polar surface area (TPSA) is 84.5 Å². The molecule has 0 saturated heterocycles. The van der Waals surface area contributed by atoms with Gasteiger partial charge in [-0.3, -0.25) is 14.4 Å².